The highest BCUT2D eigenvalue weighted by Gasteiger charge is 2.04. The molecule has 1 heterocycles. The van der Waals surface area contributed by atoms with Gasteiger partial charge >= 0.3 is 0 Å². The highest BCUT2D eigenvalue weighted by atomic mass is 79.9. The zero-order valence-corrected chi connectivity index (χ0v) is 10.4. The second-order valence-electron chi connectivity index (χ2n) is 2.96. The molecule has 0 radical (unpaired) electrons. The minimum atomic E-state index is 0.443. The summed E-state index contributed by atoms with van der Waals surface area (Å²) in [5.41, 5.74) is 0. The van der Waals surface area contributed by atoms with Gasteiger partial charge in [-0.2, -0.15) is 0 Å². The van der Waals surface area contributed by atoms with Crippen molar-refractivity contribution >= 4 is 33.3 Å². The first-order valence-corrected chi connectivity index (χ1v) is 5.82. The van der Waals surface area contributed by atoms with Crippen molar-refractivity contribution in [3.63, 3.8) is 0 Å². The van der Waals surface area contributed by atoms with E-state index in [4.69, 9.17) is 11.6 Å². The van der Waals surface area contributed by atoms with Gasteiger partial charge in [0.1, 0.15) is 17.3 Å². The maximum atomic E-state index is 5.82. The van der Waals surface area contributed by atoms with E-state index in [2.05, 4.69) is 38.1 Å². The topological polar surface area (TPSA) is 37.8 Å². The van der Waals surface area contributed by atoms with E-state index in [0.29, 0.717) is 5.15 Å². The molecule has 5 heteroatoms. The summed E-state index contributed by atoms with van der Waals surface area (Å²) in [6.45, 7) is 3.09. The maximum Gasteiger partial charge on any atom is 0.148 e. The number of aromatic nitrogens is 2. The minimum Gasteiger partial charge on any atom is -0.369 e. The van der Waals surface area contributed by atoms with E-state index >= 15 is 0 Å². The van der Waals surface area contributed by atoms with Gasteiger partial charge in [0.25, 0.3) is 0 Å². The van der Waals surface area contributed by atoms with Crippen LogP contribution in [0.3, 0.4) is 0 Å². The second-order valence-corrected chi connectivity index (χ2v) is 4.11. The van der Waals surface area contributed by atoms with Crippen LogP contribution in [0, 0.1) is 0 Å². The lowest BCUT2D eigenvalue weighted by molar-refractivity contribution is 0.742. The van der Waals surface area contributed by atoms with Crippen molar-refractivity contribution in [2.24, 2.45) is 0 Å². The van der Waals surface area contributed by atoms with Crippen molar-refractivity contribution in [3.8, 4) is 0 Å². The van der Waals surface area contributed by atoms with Gasteiger partial charge in [-0.1, -0.05) is 31.4 Å². The standard InChI is InChI=1S/C9H13BrClN3/c1-2-3-4-5-12-9-7(10)8(11)13-6-14-9/h6H,2-5H2,1H3,(H,12,13,14). The summed E-state index contributed by atoms with van der Waals surface area (Å²) in [5, 5.41) is 3.65. The second kappa shape index (κ2) is 6.19. The van der Waals surface area contributed by atoms with Gasteiger partial charge in [-0.25, -0.2) is 9.97 Å². The Morgan fingerprint density at radius 3 is 2.93 bits per heavy atom. The van der Waals surface area contributed by atoms with Crippen molar-refractivity contribution in [2.75, 3.05) is 11.9 Å². The van der Waals surface area contributed by atoms with Gasteiger partial charge in [0.15, 0.2) is 0 Å². The Morgan fingerprint density at radius 2 is 2.21 bits per heavy atom. The molecule has 0 spiro atoms. The lowest BCUT2D eigenvalue weighted by atomic mass is 10.2. The number of hydrogen-bond donors (Lipinski definition) is 1. The first kappa shape index (κ1) is 11.7. The molecule has 0 bridgehead atoms. The van der Waals surface area contributed by atoms with Crippen molar-refractivity contribution in [1.82, 2.24) is 9.97 Å². The molecule has 3 nitrogen and oxygen atoms in total. The maximum absolute atomic E-state index is 5.82. The third-order valence-corrected chi connectivity index (χ3v) is 3.09. The van der Waals surface area contributed by atoms with Crippen LogP contribution in [-0.2, 0) is 0 Å². The van der Waals surface area contributed by atoms with Gasteiger partial charge in [0.05, 0.1) is 4.47 Å². The van der Waals surface area contributed by atoms with Gasteiger partial charge in [-0.3, -0.25) is 0 Å². The lowest BCUT2D eigenvalue weighted by Crippen LogP contribution is -2.04. The Balaban J connectivity index is 2.46. The fraction of sp³-hybridized carbons (Fsp3) is 0.556. The van der Waals surface area contributed by atoms with E-state index in [1.165, 1.54) is 19.2 Å². The Labute approximate surface area is 97.4 Å². The van der Waals surface area contributed by atoms with E-state index in [9.17, 15) is 0 Å². The van der Waals surface area contributed by atoms with Crippen molar-refractivity contribution in [3.05, 3.63) is 16.0 Å². The molecule has 1 aromatic heterocycles. The molecule has 0 unspecified atom stereocenters. The van der Waals surface area contributed by atoms with Crippen LogP contribution in [-0.4, -0.2) is 16.5 Å². The van der Waals surface area contributed by atoms with E-state index < -0.39 is 0 Å². The molecule has 0 aliphatic carbocycles. The van der Waals surface area contributed by atoms with Crippen LogP contribution in [0.15, 0.2) is 10.8 Å². The Kier molecular flexibility index (Phi) is 5.19. The molecule has 0 fully saturated rings. The number of unbranched alkanes of at least 4 members (excludes halogenated alkanes) is 2. The summed E-state index contributed by atoms with van der Waals surface area (Å²) in [6.07, 6.45) is 5.04. The van der Waals surface area contributed by atoms with E-state index in [1.54, 1.807) is 0 Å². The molecule has 1 N–H and O–H groups in total. The molecule has 1 rings (SSSR count). The zero-order chi connectivity index (χ0) is 10.4. The first-order valence-electron chi connectivity index (χ1n) is 4.65. The molecule has 0 aromatic carbocycles. The molecule has 78 valence electrons. The molecule has 0 atom stereocenters. The minimum absolute atomic E-state index is 0.443. The fourth-order valence-corrected chi connectivity index (χ4v) is 1.53. The zero-order valence-electron chi connectivity index (χ0n) is 8.06. The highest BCUT2D eigenvalue weighted by molar-refractivity contribution is 9.10. The molecule has 0 saturated carbocycles. The van der Waals surface area contributed by atoms with Crippen LogP contribution in [0.25, 0.3) is 0 Å². The van der Waals surface area contributed by atoms with Gasteiger partial charge < -0.3 is 5.32 Å². The normalized spacial score (nSPS) is 10.2. The van der Waals surface area contributed by atoms with E-state index in [-0.39, 0.29) is 0 Å². The molecular formula is C9H13BrClN3. The van der Waals surface area contributed by atoms with Crippen molar-refractivity contribution < 1.29 is 0 Å². The van der Waals surface area contributed by atoms with Crippen LogP contribution >= 0.6 is 27.5 Å². The van der Waals surface area contributed by atoms with E-state index in [0.717, 1.165) is 23.3 Å². The Bertz CT molecular complexity index is 293. The monoisotopic (exact) mass is 277 g/mol. The van der Waals surface area contributed by atoms with Crippen LogP contribution in [0.1, 0.15) is 26.2 Å². The number of halogens is 2. The molecule has 1 aromatic rings. The molecule has 14 heavy (non-hydrogen) atoms. The third-order valence-electron chi connectivity index (χ3n) is 1.82. The smallest absolute Gasteiger partial charge is 0.148 e. The van der Waals surface area contributed by atoms with Crippen LogP contribution in [0.2, 0.25) is 5.15 Å². The summed E-state index contributed by atoms with van der Waals surface area (Å²) in [4.78, 5) is 7.93. The Morgan fingerprint density at radius 1 is 1.43 bits per heavy atom. The van der Waals surface area contributed by atoms with Crippen LogP contribution in [0.5, 0.6) is 0 Å². The fourth-order valence-electron chi connectivity index (χ4n) is 1.05. The number of rotatable bonds is 5. The molecule has 0 amide bonds. The number of anilines is 1. The summed E-state index contributed by atoms with van der Waals surface area (Å²) in [7, 11) is 0. The average molecular weight is 279 g/mol. The number of nitrogens with zero attached hydrogens (tertiary/aromatic N) is 2. The molecular weight excluding hydrogens is 265 g/mol. The quantitative estimate of drug-likeness (QED) is 0.662. The Hall–Kier alpha value is -0.350. The highest BCUT2D eigenvalue weighted by Crippen LogP contribution is 2.25. The van der Waals surface area contributed by atoms with E-state index in [1.807, 2.05) is 0 Å². The van der Waals surface area contributed by atoms with Gasteiger partial charge in [0, 0.05) is 6.54 Å². The molecule has 0 aliphatic rings. The number of hydrogen-bond acceptors (Lipinski definition) is 3. The first-order chi connectivity index (χ1) is 6.75. The van der Waals surface area contributed by atoms with Crippen molar-refractivity contribution in [1.29, 1.82) is 0 Å². The van der Waals surface area contributed by atoms with Crippen LogP contribution in [0.4, 0.5) is 5.82 Å². The summed E-state index contributed by atoms with van der Waals surface area (Å²) >= 11 is 9.15. The van der Waals surface area contributed by atoms with Gasteiger partial charge in [-0.05, 0) is 22.4 Å². The third kappa shape index (κ3) is 3.42. The van der Waals surface area contributed by atoms with Crippen LogP contribution < -0.4 is 5.32 Å². The van der Waals surface area contributed by atoms with Crippen molar-refractivity contribution in [2.45, 2.75) is 26.2 Å². The molecule has 0 aliphatic heterocycles. The summed E-state index contributed by atoms with van der Waals surface area (Å²) in [5.74, 6) is 0.765. The summed E-state index contributed by atoms with van der Waals surface area (Å²) < 4.78 is 0.734. The lowest BCUT2D eigenvalue weighted by Gasteiger charge is -2.06. The van der Waals surface area contributed by atoms with Gasteiger partial charge in [0.2, 0.25) is 0 Å². The summed E-state index contributed by atoms with van der Waals surface area (Å²) in [6, 6.07) is 0. The predicted octanol–water partition coefficient (Wildman–Crippen LogP) is 3.49. The van der Waals surface area contributed by atoms with Gasteiger partial charge in [-0.15, -0.1) is 0 Å². The largest absolute Gasteiger partial charge is 0.369 e. The number of nitrogens with one attached hydrogen (secondary N) is 1. The predicted molar refractivity (Wildman–Crippen MR) is 62.8 cm³/mol. The molecule has 0 saturated heterocycles. The SMILES string of the molecule is CCCCCNc1ncnc(Cl)c1Br. The average Bonchev–Trinajstić information content (AvgIpc) is 2.19.